The molecule has 0 heterocycles. The van der Waals surface area contributed by atoms with Gasteiger partial charge in [-0.3, -0.25) is 0 Å². The average molecular weight is 607 g/mol. The number of hydrogen-bond donors (Lipinski definition) is 0. The van der Waals surface area contributed by atoms with E-state index in [4.69, 9.17) is 0 Å². The Kier molecular flexibility index (Phi) is 36.4. The first kappa shape index (κ1) is 43.0. The molecule has 1 nitrogen and oxygen atoms in total. The Morgan fingerprint density at radius 2 is 0.349 bits per heavy atom. The Morgan fingerprint density at radius 1 is 0.209 bits per heavy atom. The minimum atomic E-state index is 1.25. The minimum absolute atomic E-state index is 1.25. The summed E-state index contributed by atoms with van der Waals surface area (Å²) >= 11 is 0. The van der Waals surface area contributed by atoms with Crippen molar-refractivity contribution in [3.63, 3.8) is 0 Å². The van der Waals surface area contributed by atoms with Crippen molar-refractivity contribution in [2.24, 2.45) is 0 Å². The molecule has 0 bridgehead atoms. The van der Waals surface area contributed by atoms with E-state index in [2.05, 4.69) is 27.9 Å². The lowest BCUT2D eigenvalue weighted by Gasteiger charge is -2.30. The monoisotopic (exact) mass is 607 g/mol. The highest BCUT2D eigenvalue weighted by Crippen LogP contribution is 2.17. The van der Waals surface area contributed by atoms with Crippen molar-refractivity contribution in [1.82, 2.24) is 0 Å². The lowest BCUT2D eigenvalue weighted by Crippen LogP contribution is -2.41. The highest BCUT2D eigenvalue weighted by molar-refractivity contribution is 4.53. The molecule has 0 fully saturated rings. The molecule has 0 rings (SSSR count). The van der Waals surface area contributed by atoms with E-state index in [0.717, 1.165) is 0 Å². The summed E-state index contributed by atoms with van der Waals surface area (Å²) in [7, 11) is 4.95. The second-order valence-corrected chi connectivity index (χ2v) is 15.4. The molecule has 0 aromatic carbocycles. The second-order valence-electron chi connectivity index (χ2n) is 15.4. The fraction of sp³-hybridized carbons (Fsp3) is 1.00. The van der Waals surface area contributed by atoms with Gasteiger partial charge in [0.1, 0.15) is 0 Å². The van der Waals surface area contributed by atoms with Crippen molar-refractivity contribution in [2.75, 3.05) is 27.2 Å². The maximum atomic E-state index is 2.47. The summed E-state index contributed by atoms with van der Waals surface area (Å²) in [5, 5.41) is 0. The summed E-state index contributed by atoms with van der Waals surface area (Å²) in [4.78, 5) is 0. The topological polar surface area (TPSA) is 0 Å². The summed E-state index contributed by atoms with van der Waals surface area (Å²) in [5.41, 5.74) is 0. The van der Waals surface area contributed by atoms with Crippen LogP contribution in [-0.2, 0) is 0 Å². The molecule has 1 heteroatoms. The summed E-state index contributed by atoms with van der Waals surface area (Å²) in [6.07, 6.45) is 52.9. The van der Waals surface area contributed by atoms with Gasteiger partial charge in [-0.05, 0) is 25.7 Å². The molecule has 0 aliphatic carbocycles. The molecule has 0 atom stereocenters. The maximum Gasteiger partial charge on any atom is 0.0782 e. The molecule has 0 amide bonds. The van der Waals surface area contributed by atoms with Crippen molar-refractivity contribution in [2.45, 2.75) is 245 Å². The van der Waals surface area contributed by atoms with Gasteiger partial charge < -0.3 is 4.48 Å². The van der Waals surface area contributed by atoms with Crippen molar-refractivity contribution in [1.29, 1.82) is 0 Å². The van der Waals surface area contributed by atoms with Crippen LogP contribution in [0.3, 0.4) is 0 Å². The zero-order valence-electron chi connectivity index (χ0n) is 31.3. The van der Waals surface area contributed by atoms with E-state index in [9.17, 15) is 0 Å². The molecule has 0 N–H and O–H groups in total. The molecule has 260 valence electrons. The van der Waals surface area contributed by atoms with Gasteiger partial charge in [0.05, 0.1) is 27.2 Å². The Hall–Kier alpha value is -0.0400. The van der Waals surface area contributed by atoms with Crippen LogP contribution in [0.2, 0.25) is 0 Å². The lowest BCUT2D eigenvalue weighted by molar-refractivity contribution is -0.890. The Balaban J connectivity index is 3.25. The molecule has 43 heavy (non-hydrogen) atoms. The van der Waals surface area contributed by atoms with Crippen molar-refractivity contribution in [3.8, 4) is 0 Å². The first-order valence-electron chi connectivity index (χ1n) is 20.9. The van der Waals surface area contributed by atoms with Crippen LogP contribution in [0, 0.1) is 0 Å². The highest BCUT2D eigenvalue weighted by atomic mass is 15.3. The van der Waals surface area contributed by atoms with Crippen molar-refractivity contribution in [3.05, 3.63) is 0 Å². The van der Waals surface area contributed by atoms with E-state index in [1.807, 2.05) is 0 Å². The Bertz CT molecular complexity index is 441. The third-order valence-corrected chi connectivity index (χ3v) is 10.2. The van der Waals surface area contributed by atoms with Crippen molar-refractivity contribution >= 4 is 0 Å². The first-order chi connectivity index (χ1) is 21.1. The fourth-order valence-electron chi connectivity index (χ4n) is 6.99. The van der Waals surface area contributed by atoms with Gasteiger partial charge >= 0.3 is 0 Å². The molecule has 0 aliphatic rings. The van der Waals surface area contributed by atoms with E-state index in [-0.39, 0.29) is 0 Å². The van der Waals surface area contributed by atoms with Gasteiger partial charge in [0.25, 0.3) is 0 Å². The van der Waals surface area contributed by atoms with Crippen LogP contribution in [0.1, 0.15) is 245 Å². The molecule has 0 spiro atoms. The van der Waals surface area contributed by atoms with Crippen LogP contribution in [0.15, 0.2) is 0 Å². The third kappa shape index (κ3) is 38.1. The summed E-state index contributed by atoms with van der Waals surface area (Å²) in [6, 6.07) is 0. The number of nitrogens with zero attached hydrogens (tertiary/aromatic N) is 1. The second kappa shape index (κ2) is 36.4. The Labute approximate surface area is 276 Å². The Morgan fingerprint density at radius 3 is 0.512 bits per heavy atom. The standard InChI is InChI=1S/C42H88N/c1-5-7-9-11-13-15-17-19-21-23-25-27-29-31-33-35-37-39-41-43(3,4)42-40-38-36-34-32-30-28-26-24-22-20-18-16-14-12-10-8-6-2/h5-42H2,1-4H3/q+1. The number of unbranched alkanes of at least 4 members (excludes halogenated alkanes) is 34. The molecule has 0 unspecified atom stereocenters. The van der Waals surface area contributed by atoms with Gasteiger partial charge in [-0.2, -0.15) is 0 Å². The molecule has 0 radical (unpaired) electrons. The third-order valence-electron chi connectivity index (χ3n) is 10.2. The largest absolute Gasteiger partial charge is 0.328 e. The number of hydrogen-bond acceptors (Lipinski definition) is 0. The van der Waals surface area contributed by atoms with Gasteiger partial charge in [-0.1, -0.05) is 219 Å². The molecule has 0 saturated carbocycles. The predicted octanol–water partition coefficient (Wildman–Crippen LogP) is 15.1. The van der Waals surface area contributed by atoms with Gasteiger partial charge in [0.2, 0.25) is 0 Å². The van der Waals surface area contributed by atoms with Gasteiger partial charge in [-0.15, -0.1) is 0 Å². The summed E-state index contributed by atoms with van der Waals surface area (Å²) in [5.74, 6) is 0. The summed E-state index contributed by atoms with van der Waals surface area (Å²) < 4.78 is 1.25. The van der Waals surface area contributed by atoms with E-state index < -0.39 is 0 Å². The molecule has 0 saturated heterocycles. The normalized spacial score (nSPS) is 12.0. The van der Waals surface area contributed by atoms with E-state index in [1.165, 1.54) is 249 Å². The molecule has 0 aromatic rings. The van der Waals surface area contributed by atoms with Crippen LogP contribution >= 0.6 is 0 Å². The molecular formula is C42H88N+. The first-order valence-corrected chi connectivity index (χ1v) is 20.9. The van der Waals surface area contributed by atoms with Crippen LogP contribution in [0.25, 0.3) is 0 Å². The van der Waals surface area contributed by atoms with Crippen LogP contribution in [-0.4, -0.2) is 31.7 Å². The SMILES string of the molecule is CCCCCCCCCCCCCCCCCCCC[N+](C)(C)CCCCCCCCCCCCCCCCCCCC. The molecule has 0 aromatic heterocycles. The quantitative estimate of drug-likeness (QED) is 0.0484. The van der Waals surface area contributed by atoms with E-state index in [1.54, 1.807) is 0 Å². The minimum Gasteiger partial charge on any atom is -0.328 e. The van der Waals surface area contributed by atoms with Crippen LogP contribution < -0.4 is 0 Å². The van der Waals surface area contributed by atoms with Gasteiger partial charge in [-0.25, -0.2) is 0 Å². The smallest absolute Gasteiger partial charge is 0.0782 e. The zero-order valence-corrected chi connectivity index (χ0v) is 31.3. The molecular weight excluding hydrogens is 518 g/mol. The van der Waals surface area contributed by atoms with E-state index >= 15 is 0 Å². The number of quaternary nitrogens is 1. The lowest BCUT2D eigenvalue weighted by atomic mass is 10.0. The van der Waals surface area contributed by atoms with Gasteiger partial charge in [0.15, 0.2) is 0 Å². The van der Waals surface area contributed by atoms with Crippen molar-refractivity contribution < 1.29 is 4.48 Å². The highest BCUT2D eigenvalue weighted by Gasteiger charge is 2.13. The molecule has 0 aliphatic heterocycles. The van der Waals surface area contributed by atoms with E-state index in [0.29, 0.717) is 0 Å². The predicted molar refractivity (Wildman–Crippen MR) is 199 cm³/mol. The summed E-state index contributed by atoms with van der Waals surface area (Å²) in [6.45, 7) is 7.39. The zero-order chi connectivity index (χ0) is 31.4. The maximum absolute atomic E-state index is 2.47. The average Bonchev–Trinajstić information content (AvgIpc) is 3.00. The van der Waals surface area contributed by atoms with Gasteiger partial charge in [0, 0.05) is 0 Å². The number of rotatable bonds is 38. The van der Waals surface area contributed by atoms with Crippen LogP contribution in [0.5, 0.6) is 0 Å². The van der Waals surface area contributed by atoms with Crippen LogP contribution in [0.4, 0.5) is 0 Å². The fourth-order valence-corrected chi connectivity index (χ4v) is 6.99.